The van der Waals surface area contributed by atoms with Crippen LogP contribution < -0.4 is 5.32 Å². The molecule has 0 spiro atoms. The molecule has 0 aliphatic carbocycles. The second-order valence-electron chi connectivity index (χ2n) is 5.53. The normalized spacial score (nSPS) is 20.3. The number of likely N-dealkylation sites (tertiary alicyclic amines) is 1. The minimum atomic E-state index is -0.181. The molecule has 1 aromatic rings. The summed E-state index contributed by atoms with van der Waals surface area (Å²) in [5.41, 5.74) is -0.181. The van der Waals surface area contributed by atoms with E-state index in [2.05, 4.69) is 5.32 Å². The van der Waals surface area contributed by atoms with E-state index in [4.69, 9.17) is 0 Å². The average molecular weight is 266 g/mol. The molecule has 98 valence electrons. The Kier molecular flexibility index (Phi) is 3.43. The lowest BCUT2D eigenvalue weighted by Crippen LogP contribution is -2.44. The second-order valence-corrected chi connectivity index (χ2v) is 6.47. The first-order valence-corrected chi connectivity index (χ1v) is 6.91. The zero-order chi connectivity index (χ0) is 13.3. The summed E-state index contributed by atoms with van der Waals surface area (Å²) in [4.78, 5) is 26.3. The average Bonchev–Trinajstić information content (AvgIpc) is 2.85. The first-order chi connectivity index (χ1) is 8.38. The smallest absolute Gasteiger partial charge is 0.261 e. The molecule has 1 aliphatic heterocycles. The van der Waals surface area contributed by atoms with Crippen LogP contribution in [-0.2, 0) is 4.79 Å². The van der Waals surface area contributed by atoms with Gasteiger partial charge in [-0.05, 0) is 32.2 Å². The predicted octanol–water partition coefficient (Wildman–Crippen LogP) is 1.88. The number of nitrogens with zero attached hydrogens (tertiary/aromatic N) is 1. The summed E-state index contributed by atoms with van der Waals surface area (Å²) in [6.07, 6.45) is 0.397. The third-order valence-corrected chi connectivity index (χ3v) is 3.88. The Morgan fingerprint density at radius 3 is 2.72 bits per heavy atom. The molecule has 1 N–H and O–H groups in total. The maximum atomic E-state index is 11.9. The Hall–Kier alpha value is -1.36. The van der Waals surface area contributed by atoms with E-state index >= 15 is 0 Å². The molecule has 2 rings (SSSR count). The Balaban J connectivity index is 1.97. The zero-order valence-corrected chi connectivity index (χ0v) is 11.7. The number of amides is 2. The summed E-state index contributed by atoms with van der Waals surface area (Å²) in [5, 5.41) is 4.79. The fourth-order valence-corrected chi connectivity index (χ4v) is 2.74. The van der Waals surface area contributed by atoms with Crippen LogP contribution in [0.1, 0.15) is 36.9 Å². The predicted molar refractivity (Wildman–Crippen MR) is 71.7 cm³/mol. The van der Waals surface area contributed by atoms with Crippen molar-refractivity contribution in [3.05, 3.63) is 22.4 Å². The number of thiophene rings is 1. The van der Waals surface area contributed by atoms with Crippen LogP contribution in [0, 0.1) is 0 Å². The van der Waals surface area contributed by atoms with Gasteiger partial charge in [0.1, 0.15) is 0 Å². The SMILES string of the molecule is CC(C)(C)N1CC(NC(=O)c2cccs2)CC1=O. The molecule has 1 atom stereocenters. The largest absolute Gasteiger partial charge is 0.346 e. The van der Waals surface area contributed by atoms with Crippen molar-refractivity contribution in [3.8, 4) is 0 Å². The van der Waals surface area contributed by atoms with Crippen LogP contribution >= 0.6 is 11.3 Å². The van der Waals surface area contributed by atoms with Crippen LogP contribution in [0.3, 0.4) is 0 Å². The van der Waals surface area contributed by atoms with Gasteiger partial charge >= 0.3 is 0 Å². The molecule has 1 aliphatic rings. The highest BCUT2D eigenvalue weighted by Gasteiger charge is 2.36. The van der Waals surface area contributed by atoms with Crippen molar-refractivity contribution in [3.63, 3.8) is 0 Å². The number of hydrogen-bond donors (Lipinski definition) is 1. The van der Waals surface area contributed by atoms with E-state index in [1.54, 1.807) is 6.07 Å². The van der Waals surface area contributed by atoms with E-state index < -0.39 is 0 Å². The molecular weight excluding hydrogens is 248 g/mol. The van der Waals surface area contributed by atoms with Crippen molar-refractivity contribution in [1.29, 1.82) is 0 Å². The molecule has 1 fully saturated rings. The highest BCUT2D eigenvalue weighted by molar-refractivity contribution is 7.12. The molecule has 18 heavy (non-hydrogen) atoms. The van der Waals surface area contributed by atoms with Gasteiger partial charge in [0.2, 0.25) is 5.91 Å². The van der Waals surface area contributed by atoms with Gasteiger partial charge in [-0.3, -0.25) is 9.59 Å². The van der Waals surface area contributed by atoms with Crippen LogP contribution in [0.25, 0.3) is 0 Å². The topological polar surface area (TPSA) is 49.4 Å². The molecule has 1 unspecified atom stereocenters. The summed E-state index contributed by atoms with van der Waals surface area (Å²) < 4.78 is 0. The summed E-state index contributed by atoms with van der Waals surface area (Å²) in [6.45, 7) is 6.62. The quantitative estimate of drug-likeness (QED) is 0.888. The fraction of sp³-hybridized carbons (Fsp3) is 0.538. The summed E-state index contributed by atoms with van der Waals surface area (Å²) in [7, 11) is 0. The van der Waals surface area contributed by atoms with E-state index in [0.29, 0.717) is 17.8 Å². The fourth-order valence-electron chi connectivity index (χ4n) is 2.12. The van der Waals surface area contributed by atoms with Crippen LogP contribution in [-0.4, -0.2) is 34.8 Å². The highest BCUT2D eigenvalue weighted by atomic mass is 32.1. The van der Waals surface area contributed by atoms with Crippen molar-refractivity contribution in [2.24, 2.45) is 0 Å². The molecule has 0 saturated carbocycles. The van der Waals surface area contributed by atoms with Gasteiger partial charge in [0.25, 0.3) is 5.91 Å². The monoisotopic (exact) mass is 266 g/mol. The van der Waals surface area contributed by atoms with E-state index in [9.17, 15) is 9.59 Å². The highest BCUT2D eigenvalue weighted by Crippen LogP contribution is 2.22. The third kappa shape index (κ3) is 2.72. The van der Waals surface area contributed by atoms with Gasteiger partial charge in [-0.2, -0.15) is 0 Å². The van der Waals surface area contributed by atoms with Gasteiger partial charge < -0.3 is 10.2 Å². The summed E-state index contributed by atoms with van der Waals surface area (Å²) >= 11 is 1.41. The van der Waals surface area contributed by atoms with E-state index in [-0.39, 0.29) is 23.4 Å². The maximum Gasteiger partial charge on any atom is 0.261 e. The second kappa shape index (κ2) is 4.72. The Morgan fingerprint density at radius 2 is 2.22 bits per heavy atom. The lowest BCUT2D eigenvalue weighted by Gasteiger charge is -2.32. The van der Waals surface area contributed by atoms with Crippen molar-refractivity contribution in [2.75, 3.05) is 6.54 Å². The minimum absolute atomic E-state index is 0.0775. The van der Waals surface area contributed by atoms with Crippen molar-refractivity contribution < 1.29 is 9.59 Å². The lowest BCUT2D eigenvalue weighted by atomic mass is 10.1. The first-order valence-electron chi connectivity index (χ1n) is 6.03. The van der Waals surface area contributed by atoms with E-state index in [1.807, 2.05) is 37.1 Å². The van der Waals surface area contributed by atoms with Crippen molar-refractivity contribution >= 4 is 23.2 Å². The van der Waals surface area contributed by atoms with Gasteiger partial charge in [-0.25, -0.2) is 0 Å². The number of hydrogen-bond acceptors (Lipinski definition) is 3. The van der Waals surface area contributed by atoms with Crippen LogP contribution in [0.2, 0.25) is 0 Å². The number of rotatable bonds is 2. The van der Waals surface area contributed by atoms with E-state index in [0.717, 1.165) is 0 Å². The van der Waals surface area contributed by atoms with Crippen LogP contribution in [0.4, 0.5) is 0 Å². The number of carbonyl (C=O) groups is 2. The van der Waals surface area contributed by atoms with Gasteiger partial charge in [-0.15, -0.1) is 11.3 Å². The molecule has 2 amide bonds. The standard InChI is InChI=1S/C13H18N2O2S/c1-13(2,3)15-8-9(7-11(15)16)14-12(17)10-5-4-6-18-10/h4-6,9H,7-8H2,1-3H3,(H,14,17). The minimum Gasteiger partial charge on any atom is -0.346 e. The molecule has 4 nitrogen and oxygen atoms in total. The molecule has 1 saturated heterocycles. The van der Waals surface area contributed by atoms with Gasteiger partial charge in [0.05, 0.1) is 10.9 Å². The molecule has 2 heterocycles. The number of nitrogens with one attached hydrogen (secondary N) is 1. The Labute approximate surface area is 111 Å². The van der Waals surface area contributed by atoms with Crippen LogP contribution in [0.15, 0.2) is 17.5 Å². The molecule has 0 bridgehead atoms. The molecule has 0 radical (unpaired) electrons. The zero-order valence-electron chi connectivity index (χ0n) is 10.9. The van der Waals surface area contributed by atoms with Gasteiger partial charge in [0.15, 0.2) is 0 Å². The molecule has 1 aromatic heterocycles. The summed E-state index contributed by atoms with van der Waals surface area (Å²) in [6, 6.07) is 3.56. The van der Waals surface area contributed by atoms with E-state index in [1.165, 1.54) is 11.3 Å². The van der Waals surface area contributed by atoms with Gasteiger partial charge in [0, 0.05) is 18.5 Å². The molecule has 5 heteroatoms. The molecular formula is C13H18N2O2S. The van der Waals surface area contributed by atoms with Crippen molar-refractivity contribution in [1.82, 2.24) is 10.2 Å². The number of carbonyl (C=O) groups excluding carboxylic acids is 2. The molecule has 0 aromatic carbocycles. The van der Waals surface area contributed by atoms with Crippen molar-refractivity contribution in [2.45, 2.75) is 38.8 Å². The maximum absolute atomic E-state index is 11.9. The summed E-state index contributed by atoms with van der Waals surface area (Å²) in [5.74, 6) is 0.0255. The Bertz CT molecular complexity index is 448. The Morgan fingerprint density at radius 1 is 1.50 bits per heavy atom. The third-order valence-electron chi connectivity index (χ3n) is 3.01. The van der Waals surface area contributed by atoms with Crippen LogP contribution in [0.5, 0.6) is 0 Å². The first kappa shape index (κ1) is 13.1. The lowest BCUT2D eigenvalue weighted by molar-refractivity contribution is -0.131. The van der Waals surface area contributed by atoms with Gasteiger partial charge in [-0.1, -0.05) is 6.07 Å².